The predicted molar refractivity (Wildman–Crippen MR) is 48.3 cm³/mol. The SMILES string of the molecule is CC/C(=C\NC(C)(C)C)[N+](=O)[O-]. The Kier molecular flexibility index (Phi) is 3.73. The zero-order chi connectivity index (χ0) is 9.78. The summed E-state index contributed by atoms with van der Waals surface area (Å²) in [7, 11) is 0. The number of nitrogens with one attached hydrogen (secondary N) is 1. The van der Waals surface area contributed by atoms with Crippen molar-refractivity contribution in [3.05, 3.63) is 22.0 Å². The third-order valence-electron chi connectivity index (χ3n) is 1.27. The topological polar surface area (TPSA) is 55.2 Å². The molecule has 4 nitrogen and oxygen atoms in total. The lowest BCUT2D eigenvalue weighted by atomic mass is 10.1. The molecule has 0 spiro atoms. The maximum absolute atomic E-state index is 10.3. The Morgan fingerprint density at radius 3 is 2.33 bits per heavy atom. The average molecular weight is 172 g/mol. The Balaban J connectivity index is 4.23. The summed E-state index contributed by atoms with van der Waals surface area (Å²) < 4.78 is 0. The molecule has 12 heavy (non-hydrogen) atoms. The van der Waals surface area contributed by atoms with Crippen molar-refractivity contribution < 1.29 is 4.92 Å². The van der Waals surface area contributed by atoms with Gasteiger partial charge in [0.15, 0.2) is 0 Å². The van der Waals surface area contributed by atoms with E-state index in [1.54, 1.807) is 6.92 Å². The van der Waals surface area contributed by atoms with E-state index in [4.69, 9.17) is 0 Å². The summed E-state index contributed by atoms with van der Waals surface area (Å²) in [5.41, 5.74) is 0.0982. The maximum atomic E-state index is 10.3. The van der Waals surface area contributed by atoms with Gasteiger partial charge in [-0.25, -0.2) is 0 Å². The lowest BCUT2D eigenvalue weighted by Crippen LogP contribution is -2.31. The van der Waals surface area contributed by atoms with Gasteiger partial charge in [-0.2, -0.15) is 0 Å². The fourth-order valence-corrected chi connectivity index (χ4v) is 0.584. The normalized spacial score (nSPS) is 12.8. The van der Waals surface area contributed by atoms with Gasteiger partial charge in [0.25, 0.3) is 5.70 Å². The lowest BCUT2D eigenvalue weighted by molar-refractivity contribution is -0.428. The molecule has 0 aromatic heterocycles. The second-order valence-electron chi connectivity index (χ2n) is 3.64. The van der Waals surface area contributed by atoms with Crippen LogP contribution in [0, 0.1) is 10.1 Å². The molecule has 4 heteroatoms. The zero-order valence-corrected chi connectivity index (χ0v) is 8.05. The second kappa shape index (κ2) is 4.09. The summed E-state index contributed by atoms with van der Waals surface area (Å²) >= 11 is 0. The van der Waals surface area contributed by atoms with E-state index in [-0.39, 0.29) is 16.2 Å². The maximum Gasteiger partial charge on any atom is 0.261 e. The Morgan fingerprint density at radius 2 is 2.08 bits per heavy atom. The van der Waals surface area contributed by atoms with Crippen molar-refractivity contribution in [1.29, 1.82) is 0 Å². The summed E-state index contributed by atoms with van der Waals surface area (Å²) in [5.74, 6) is 0. The number of nitro groups is 1. The minimum atomic E-state index is -0.362. The minimum absolute atomic E-state index is 0.115. The molecule has 0 aromatic carbocycles. The highest BCUT2D eigenvalue weighted by molar-refractivity contribution is 4.92. The molecular weight excluding hydrogens is 156 g/mol. The smallest absolute Gasteiger partial charge is 0.261 e. The van der Waals surface area contributed by atoms with E-state index in [9.17, 15) is 10.1 Å². The Labute approximate surface area is 72.8 Å². The van der Waals surface area contributed by atoms with Gasteiger partial charge in [0.1, 0.15) is 0 Å². The molecule has 0 aliphatic heterocycles. The molecule has 70 valence electrons. The van der Waals surface area contributed by atoms with Gasteiger partial charge >= 0.3 is 0 Å². The molecule has 0 aliphatic rings. The molecule has 0 fully saturated rings. The van der Waals surface area contributed by atoms with Gasteiger partial charge in [-0.1, -0.05) is 6.92 Å². The van der Waals surface area contributed by atoms with E-state index in [0.717, 1.165) is 0 Å². The number of hydrogen-bond acceptors (Lipinski definition) is 3. The minimum Gasteiger partial charge on any atom is -0.381 e. The molecule has 0 radical (unpaired) electrons. The third-order valence-corrected chi connectivity index (χ3v) is 1.27. The van der Waals surface area contributed by atoms with Crippen LogP contribution in [-0.4, -0.2) is 10.5 Å². The Morgan fingerprint density at radius 1 is 1.58 bits per heavy atom. The zero-order valence-electron chi connectivity index (χ0n) is 8.05. The van der Waals surface area contributed by atoms with Gasteiger partial charge in [-0.3, -0.25) is 10.1 Å². The second-order valence-corrected chi connectivity index (χ2v) is 3.64. The van der Waals surface area contributed by atoms with Crippen molar-refractivity contribution in [3.63, 3.8) is 0 Å². The van der Waals surface area contributed by atoms with E-state index < -0.39 is 0 Å². The van der Waals surface area contributed by atoms with Gasteiger partial charge < -0.3 is 5.32 Å². The van der Waals surface area contributed by atoms with Crippen LogP contribution in [-0.2, 0) is 0 Å². The monoisotopic (exact) mass is 172 g/mol. The number of nitrogens with zero attached hydrogens (tertiary/aromatic N) is 1. The summed E-state index contributed by atoms with van der Waals surface area (Å²) in [4.78, 5) is 9.98. The van der Waals surface area contributed by atoms with Gasteiger partial charge in [-0.15, -0.1) is 0 Å². The Bertz CT molecular complexity index is 192. The molecule has 0 aliphatic carbocycles. The molecule has 0 bridgehead atoms. The summed E-state index contributed by atoms with van der Waals surface area (Å²) in [5, 5.41) is 13.3. The predicted octanol–water partition coefficient (Wildman–Crippen LogP) is 1.90. The first-order chi connectivity index (χ1) is 5.37. The molecule has 0 atom stereocenters. The van der Waals surface area contributed by atoms with Crippen LogP contribution in [0.2, 0.25) is 0 Å². The summed E-state index contributed by atoms with van der Waals surface area (Å²) in [6.07, 6.45) is 1.91. The molecule has 0 saturated carbocycles. The van der Waals surface area contributed by atoms with Crippen LogP contribution in [0.25, 0.3) is 0 Å². The highest BCUT2D eigenvalue weighted by Crippen LogP contribution is 2.03. The van der Waals surface area contributed by atoms with E-state index >= 15 is 0 Å². The fourth-order valence-electron chi connectivity index (χ4n) is 0.584. The summed E-state index contributed by atoms with van der Waals surface area (Å²) in [6.45, 7) is 7.63. The van der Waals surface area contributed by atoms with Crippen molar-refractivity contribution in [3.8, 4) is 0 Å². The molecule has 0 aromatic rings. The van der Waals surface area contributed by atoms with Crippen molar-refractivity contribution in [2.45, 2.75) is 39.7 Å². The quantitative estimate of drug-likeness (QED) is 0.522. The first-order valence-electron chi connectivity index (χ1n) is 3.98. The molecule has 0 rings (SSSR count). The van der Waals surface area contributed by atoms with Gasteiger partial charge in [0.2, 0.25) is 0 Å². The molecular formula is C8H16N2O2. The van der Waals surface area contributed by atoms with Gasteiger partial charge in [-0.05, 0) is 20.8 Å². The highest BCUT2D eigenvalue weighted by Gasteiger charge is 2.10. The number of hydrogen-bond donors (Lipinski definition) is 1. The van der Waals surface area contributed by atoms with Crippen molar-refractivity contribution in [2.75, 3.05) is 0 Å². The van der Waals surface area contributed by atoms with Gasteiger partial charge in [0, 0.05) is 12.0 Å². The van der Waals surface area contributed by atoms with Crippen LogP contribution in [0.3, 0.4) is 0 Å². The van der Waals surface area contributed by atoms with Crippen LogP contribution in [0.15, 0.2) is 11.9 Å². The van der Waals surface area contributed by atoms with Crippen LogP contribution in [0.4, 0.5) is 0 Å². The van der Waals surface area contributed by atoms with Gasteiger partial charge in [0.05, 0.1) is 11.1 Å². The average Bonchev–Trinajstić information content (AvgIpc) is 1.85. The third kappa shape index (κ3) is 4.71. The van der Waals surface area contributed by atoms with Crippen LogP contribution in [0.5, 0.6) is 0 Å². The van der Waals surface area contributed by atoms with Crippen LogP contribution >= 0.6 is 0 Å². The van der Waals surface area contributed by atoms with Crippen molar-refractivity contribution >= 4 is 0 Å². The molecule has 0 saturated heterocycles. The number of allylic oxidation sites excluding steroid dienone is 1. The van der Waals surface area contributed by atoms with Crippen molar-refractivity contribution in [1.82, 2.24) is 5.32 Å². The lowest BCUT2D eigenvalue weighted by Gasteiger charge is -2.18. The van der Waals surface area contributed by atoms with E-state index in [2.05, 4.69) is 5.32 Å². The van der Waals surface area contributed by atoms with Crippen LogP contribution in [0.1, 0.15) is 34.1 Å². The fraction of sp³-hybridized carbons (Fsp3) is 0.750. The molecule has 0 heterocycles. The number of rotatable bonds is 3. The summed E-state index contributed by atoms with van der Waals surface area (Å²) in [6, 6.07) is 0. The molecule has 1 N–H and O–H groups in total. The Hall–Kier alpha value is -1.06. The van der Waals surface area contributed by atoms with E-state index in [1.165, 1.54) is 6.20 Å². The van der Waals surface area contributed by atoms with E-state index in [0.29, 0.717) is 6.42 Å². The molecule has 0 amide bonds. The standard InChI is InChI=1S/C8H16N2O2/c1-5-7(10(11)12)6-9-8(2,3)4/h6,9H,5H2,1-4H3/b7-6+. The van der Waals surface area contributed by atoms with Crippen molar-refractivity contribution in [2.24, 2.45) is 0 Å². The largest absolute Gasteiger partial charge is 0.381 e. The molecule has 0 unspecified atom stereocenters. The first-order valence-corrected chi connectivity index (χ1v) is 3.98. The van der Waals surface area contributed by atoms with Crippen LogP contribution < -0.4 is 5.32 Å². The first kappa shape index (κ1) is 10.9. The van der Waals surface area contributed by atoms with E-state index in [1.807, 2.05) is 20.8 Å². The highest BCUT2D eigenvalue weighted by atomic mass is 16.6.